The minimum absolute atomic E-state index is 0.00663. The molecular formula is C15H20N4OS. The van der Waals surface area contributed by atoms with E-state index in [4.69, 9.17) is 0 Å². The Morgan fingerprint density at radius 3 is 2.67 bits per heavy atom. The van der Waals surface area contributed by atoms with Crippen LogP contribution in [0.4, 0.5) is 0 Å². The predicted octanol–water partition coefficient (Wildman–Crippen LogP) is 2.06. The average Bonchev–Trinajstić information content (AvgIpc) is 2.86. The molecule has 1 atom stereocenters. The van der Waals surface area contributed by atoms with Gasteiger partial charge in [0.1, 0.15) is 5.82 Å². The van der Waals surface area contributed by atoms with E-state index in [9.17, 15) is 4.79 Å². The molecule has 1 N–H and O–H groups in total. The lowest BCUT2D eigenvalue weighted by molar-refractivity contribution is -0.120. The summed E-state index contributed by atoms with van der Waals surface area (Å²) in [5, 5.41) is 11.6. The molecule has 1 aromatic heterocycles. The molecule has 0 fully saturated rings. The first-order chi connectivity index (χ1) is 10.2. The van der Waals surface area contributed by atoms with Crippen molar-refractivity contribution >= 4 is 17.7 Å². The first kappa shape index (κ1) is 15.6. The van der Waals surface area contributed by atoms with E-state index >= 15 is 0 Å². The van der Waals surface area contributed by atoms with Gasteiger partial charge in [0, 0.05) is 13.6 Å². The molecule has 0 bridgehead atoms. The number of benzene rings is 1. The monoisotopic (exact) mass is 304 g/mol. The highest BCUT2D eigenvalue weighted by molar-refractivity contribution is 8.00. The summed E-state index contributed by atoms with van der Waals surface area (Å²) in [6.45, 7) is 4.77. The van der Waals surface area contributed by atoms with Gasteiger partial charge in [-0.1, -0.05) is 42.1 Å². The van der Waals surface area contributed by atoms with Gasteiger partial charge in [0.25, 0.3) is 0 Å². The zero-order chi connectivity index (χ0) is 15.2. The number of thioether (sulfide) groups is 1. The van der Waals surface area contributed by atoms with Crippen LogP contribution in [0, 0.1) is 6.92 Å². The number of nitrogens with zero attached hydrogens (tertiary/aromatic N) is 3. The number of carbonyl (C=O) groups excluding carboxylic acids is 1. The summed E-state index contributed by atoms with van der Waals surface area (Å²) in [5.74, 6) is 0.877. The van der Waals surface area contributed by atoms with E-state index < -0.39 is 0 Å². The smallest absolute Gasteiger partial charge is 0.233 e. The maximum Gasteiger partial charge on any atom is 0.233 e. The van der Waals surface area contributed by atoms with E-state index in [0.717, 1.165) is 23.1 Å². The first-order valence-electron chi connectivity index (χ1n) is 6.97. The zero-order valence-electron chi connectivity index (χ0n) is 12.5. The molecule has 0 saturated heterocycles. The van der Waals surface area contributed by atoms with Gasteiger partial charge in [0.2, 0.25) is 5.91 Å². The van der Waals surface area contributed by atoms with Crippen molar-refractivity contribution in [2.75, 3.05) is 7.05 Å². The molecule has 0 saturated carbocycles. The third kappa shape index (κ3) is 3.85. The topological polar surface area (TPSA) is 59.8 Å². The number of amides is 1. The molecule has 6 heteroatoms. The number of aromatic nitrogens is 3. The largest absolute Gasteiger partial charge is 0.358 e. The minimum atomic E-state index is -0.216. The summed E-state index contributed by atoms with van der Waals surface area (Å²) in [6.07, 6.45) is 0.667. The van der Waals surface area contributed by atoms with E-state index in [-0.39, 0.29) is 11.2 Å². The Hall–Kier alpha value is -1.82. The standard InChI is InChI=1S/C15H20N4OS/c1-4-19-11(2)17-18-15(19)21-13(14(20)16-3)10-12-8-6-5-7-9-12/h5-9,13H,4,10H2,1-3H3,(H,16,20)/t13-/m0/s1. The van der Waals surface area contributed by atoms with E-state index in [0.29, 0.717) is 6.42 Å². The van der Waals surface area contributed by atoms with Gasteiger partial charge in [-0.2, -0.15) is 0 Å². The number of nitrogens with one attached hydrogen (secondary N) is 1. The van der Waals surface area contributed by atoms with Crippen molar-refractivity contribution in [2.45, 2.75) is 37.2 Å². The lowest BCUT2D eigenvalue weighted by Crippen LogP contribution is -2.31. The van der Waals surface area contributed by atoms with Crippen LogP contribution in [-0.4, -0.2) is 33.0 Å². The van der Waals surface area contributed by atoms with Crippen LogP contribution in [0.5, 0.6) is 0 Å². The Labute approximate surface area is 129 Å². The Bertz CT molecular complexity index is 597. The van der Waals surface area contributed by atoms with Gasteiger partial charge in [-0.3, -0.25) is 4.79 Å². The van der Waals surface area contributed by atoms with Crippen molar-refractivity contribution < 1.29 is 4.79 Å². The molecule has 5 nitrogen and oxygen atoms in total. The van der Waals surface area contributed by atoms with Crippen molar-refractivity contribution in [1.82, 2.24) is 20.1 Å². The molecule has 0 unspecified atom stereocenters. The van der Waals surface area contributed by atoms with Crippen LogP contribution in [0.15, 0.2) is 35.5 Å². The molecule has 2 aromatic rings. The second kappa shape index (κ2) is 7.26. The van der Waals surface area contributed by atoms with Gasteiger partial charge in [0.15, 0.2) is 5.16 Å². The molecule has 0 aliphatic carbocycles. The van der Waals surface area contributed by atoms with Gasteiger partial charge in [-0.15, -0.1) is 10.2 Å². The van der Waals surface area contributed by atoms with Gasteiger partial charge < -0.3 is 9.88 Å². The molecule has 1 amide bonds. The Balaban J connectivity index is 2.18. The molecule has 0 aliphatic heterocycles. The van der Waals surface area contributed by atoms with E-state index in [1.54, 1.807) is 7.05 Å². The van der Waals surface area contributed by atoms with Crippen molar-refractivity contribution in [3.63, 3.8) is 0 Å². The molecule has 1 aromatic carbocycles. The highest BCUT2D eigenvalue weighted by Gasteiger charge is 2.22. The average molecular weight is 304 g/mol. The van der Waals surface area contributed by atoms with Gasteiger partial charge in [-0.25, -0.2) is 0 Å². The molecule has 0 radical (unpaired) electrons. The molecule has 21 heavy (non-hydrogen) atoms. The number of carbonyl (C=O) groups is 1. The number of hydrogen-bond acceptors (Lipinski definition) is 4. The van der Waals surface area contributed by atoms with E-state index in [2.05, 4.69) is 15.5 Å². The summed E-state index contributed by atoms with van der Waals surface area (Å²) in [4.78, 5) is 12.1. The van der Waals surface area contributed by atoms with Gasteiger partial charge >= 0.3 is 0 Å². The lowest BCUT2D eigenvalue weighted by Gasteiger charge is -2.15. The van der Waals surface area contributed by atoms with Crippen LogP contribution in [-0.2, 0) is 17.8 Å². The van der Waals surface area contributed by atoms with Crippen LogP contribution >= 0.6 is 11.8 Å². The van der Waals surface area contributed by atoms with Crippen LogP contribution in [0.3, 0.4) is 0 Å². The summed E-state index contributed by atoms with van der Waals surface area (Å²) >= 11 is 1.47. The maximum atomic E-state index is 12.1. The fraction of sp³-hybridized carbons (Fsp3) is 0.400. The molecule has 0 spiro atoms. The van der Waals surface area contributed by atoms with E-state index in [1.165, 1.54) is 11.8 Å². The minimum Gasteiger partial charge on any atom is -0.358 e. The Morgan fingerprint density at radius 1 is 1.33 bits per heavy atom. The fourth-order valence-electron chi connectivity index (χ4n) is 2.12. The van der Waals surface area contributed by atoms with Gasteiger partial charge in [-0.05, 0) is 25.8 Å². The van der Waals surface area contributed by atoms with Crippen molar-refractivity contribution in [3.05, 3.63) is 41.7 Å². The molecule has 2 rings (SSSR count). The van der Waals surface area contributed by atoms with Gasteiger partial charge in [0.05, 0.1) is 5.25 Å². The highest BCUT2D eigenvalue weighted by atomic mass is 32.2. The van der Waals surface area contributed by atoms with Crippen LogP contribution in [0.25, 0.3) is 0 Å². The van der Waals surface area contributed by atoms with E-state index in [1.807, 2.05) is 48.7 Å². The van der Waals surface area contributed by atoms with Crippen molar-refractivity contribution in [1.29, 1.82) is 0 Å². The molecular weight excluding hydrogens is 284 g/mol. The third-order valence-electron chi connectivity index (χ3n) is 3.27. The van der Waals surface area contributed by atoms with Crippen molar-refractivity contribution in [2.24, 2.45) is 0 Å². The van der Waals surface area contributed by atoms with Crippen LogP contribution < -0.4 is 5.32 Å². The number of hydrogen-bond donors (Lipinski definition) is 1. The first-order valence-corrected chi connectivity index (χ1v) is 7.85. The zero-order valence-corrected chi connectivity index (χ0v) is 13.4. The SMILES string of the molecule is CCn1c(C)nnc1S[C@@H](Cc1ccccc1)C(=O)NC. The molecule has 0 aliphatic rings. The number of rotatable bonds is 6. The summed E-state index contributed by atoms with van der Waals surface area (Å²) < 4.78 is 2.02. The second-order valence-corrected chi connectivity index (χ2v) is 5.85. The lowest BCUT2D eigenvalue weighted by atomic mass is 10.1. The summed E-state index contributed by atoms with van der Waals surface area (Å²) in [7, 11) is 1.66. The quantitative estimate of drug-likeness (QED) is 0.830. The Morgan fingerprint density at radius 2 is 2.05 bits per heavy atom. The van der Waals surface area contributed by atoms with Crippen LogP contribution in [0.1, 0.15) is 18.3 Å². The molecule has 112 valence electrons. The summed E-state index contributed by atoms with van der Waals surface area (Å²) in [6, 6.07) is 10.0. The second-order valence-electron chi connectivity index (χ2n) is 4.68. The fourth-order valence-corrected chi connectivity index (χ4v) is 3.35. The summed E-state index contributed by atoms with van der Waals surface area (Å²) in [5.41, 5.74) is 1.14. The predicted molar refractivity (Wildman–Crippen MR) is 84.3 cm³/mol. The highest BCUT2D eigenvalue weighted by Crippen LogP contribution is 2.25. The third-order valence-corrected chi connectivity index (χ3v) is 4.45. The number of aryl methyl sites for hydroxylation is 1. The normalized spacial score (nSPS) is 12.1. The molecule has 1 heterocycles. The van der Waals surface area contributed by atoms with Crippen LogP contribution in [0.2, 0.25) is 0 Å². The maximum absolute atomic E-state index is 12.1. The van der Waals surface area contributed by atoms with Crippen molar-refractivity contribution in [3.8, 4) is 0 Å². The Kier molecular flexibility index (Phi) is 5.38.